The lowest BCUT2D eigenvalue weighted by atomic mass is 10.1. The highest BCUT2D eigenvalue weighted by Gasteiger charge is 2.36. The molecule has 7 nitrogen and oxygen atoms in total. The molecule has 3 heterocycles. The summed E-state index contributed by atoms with van der Waals surface area (Å²) in [5, 5.41) is 2.12. The Labute approximate surface area is 146 Å². The molecule has 0 atom stereocenters. The second kappa shape index (κ2) is 6.17. The van der Waals surface area contributed by atoms with E-state index in [2.05, 4.69) is 37.2 Å². The second-order valence-electron chi connectivity index (χ2n) is 4.56. The van der Waals surface area contributed by atoms with Crippen LogP contribution >= 0.6 is 31.9 Å². The number of nitrogens with zero attached hydrogens (tertiary/aromatic N) is 1. The van der Waals surface area contributed by atoms with Gasteiger partial charge in [0.25, 0.3) is 11.8 Å². The van der Waals surface area contributed by atoms with Gasteiger partial charge in [0.2, 0.25) is 0 Å². The largest absolute Gasteiger partial charge is 0.467 e. The summed E-state index contributed by atoms with van der Waals surface area (Å²) in [7, 11) is 0. The van der Waals surface area contributed by atoms with Gasteiger partial charge in [0.1, 0.15) is 17.1 Å². The third-order valence-electron chi connectivity index (χ3n) is 3.03. The smallest absolute Gasteiger partial charge is 0.331 e. The van der Waals surface area contributed by atoms with Gasteiger partial charge < -0.3 is 8.83 Å². The van der Waals surface area contributed by atoms with Gasteiger partial charge in [-0.05, 0) is 56.1 Å². The molecule has 0 aliphatic carbocycles. The lowest BCUT2D eigenvalue weighted by molar-refractivity contribution is -0.130. The van der Waals surface area contributed by atoms with Crippen molar-refractivity contribution in [1.82, 2.24) is 10.2 Å². The average molecular weight is 444 g/mol. The summed E-state index contributed by atoms with van der Waals surface area (Å²) in [5.41, 5.74) is -0.204. The summed E-state index contributed by atoms with van der Waals surface area (Å²) in [4.78, 5) is 37.1. The minimum atomic E-state index is -0.796. The first-order valence-corrected chi connectivity index (χ1v) is 7.90. The van der Waals surface area contributed by atoms with Gasteiger partial charge in [-0.15, -0.1) is 0 Å². The minimum absolute atomic E-state index is 0.0756. The predicted octanol–water partition coefficient (Wildman–Crippen LogP) is 3.06. The molecule has 0 unspecified atom stereocenters. The summed E-state index contributed by atoms with van der Waals surface area (Å²) in [5.74, 6) is -0.793. The second-order valence-corrected chi connectivity index (χ2v) is 6.13. The normalized spacial score (nSPS) is 17.0. The number of amides is 4. The minimum Gasteiger partial charge on any atom is -0.467 e. The van der Waals surface area contributed by atoms with Crippen LogP contribution in [0.15, 0.2) is 48.0 Å². The van der Waals surface area contributed by atoms with Crippen LogP contribution < -0.4 is 5.32 Å². The molecule has 1 saturated heterocycles. The topological polar surface area (TPSA) is 92.8 Å². The Hall–Kier alpha value is -2.13. The molecule has 9 heteroatoms. The van der Waals surface area contributed by atoms with Gasteiger partial charge in [-0.1, -0.05) is 0 Å². The van der Waals surface area contributed by atoms with E-state index in [1.165, 1.54) is 12.3 Å². The van der Waals surface area contributed by atoms with E-state index in [0.717, 1.165) is 4.90 Å². The number of hydrogen-bond donors (Lipinski definition) is 1. The number of furan rings is 2. The number of rotatable bonds is 3. The van der Waals surface area contributed by atoms with E-state index in [-0.39, 0.29) is 17.9 Å². The van der Waals surface area contributed by atoms with E-state index in [1.807, 2.05) is 0 Å². The molecule has 1 fully saturated rings. The molecule has 2 aromatic heterocycles. The van der Waals surface area contributed by atoms with Crippen molar-refractivity contribution in [1.29, 1.82) is 0 Å². The van der Waals surface area contributed by atoms with Crippen LogP contribution in [0.1, 0.15) is 11.5 Å². The van der Waals surface area contributed by atoms with Crippen LogP contribution in [0.4, 0.5) is 4.79 Å². The highest BCUT2D eigenvalue weighted by Crippen LogP contribution is 2.28. The molecule has 3 rings (SSSR count). The molecule has 118 valence electrons. The van der Waals surface area contributed by atoms with E-state index in [4.69, 9.17) is 8.83 Å². The van der Waals surface area contributed by atoms with Gasteiger partial charge in [0.15, 0.2) is 4.67 Å². The summed E-state index contributed by atoms with van der Waals surface area (Å²) < 4.78 is 11.5. The van der Waals surface area contributed by atoms with Crippen molar-refractivity contribution in [3.8, 4) is 0 Å². The Balaban J connectivity index is 1.91. The van der Waals surface area contributed by atoms with Crippen molar-refractivity contribution >= 4 is 55.8 Å². The van der Waals surface area contributed by atoms with Crippen molar-refractivity contribution in [3.05, 3.63) is 50.7 Å². The molecular formula is C14H8Br2N2O5. The summed E-state index contributed by atoms with van der Waals surface area (Å²) >= 11 is 6.41. The zero-order chi connectivity index (χ0) is 16.6. The van der Waals surface area contributed by atoms with E-state index in [9.17, 15) is 14.4 Å². The molecule has 4 amide bonds. The number of halogens is 2. The molecule has 1 aliphatic heterocycles. The number of urea groups is 1. The van der Waals surface area contributed by atoms with Crippen LogP contribution in [0, 0.1) is 0 Å². The van der Waals surface area contributed by atoms with Crippen molar-refractivity contribution in [2.45, 2.75) is 6.54 Å². The third kappa shape index (κ3) is 3.15. The Morgan fingerprint density at radius 3 is 2.65 bits per heavy atom. The Morgan fingerprint density at radius 1 is 1.26 bits per heavy atom. The quantitative estimate of drug-likeness (QED) is 0.581. The first-order valence-electron chi connectivity index (χ1n) is 6.32. The van der Waals surface area contributed by atoms with Crippen molar-refractivity contribution in [2.24, 2.45) is 0 Å². The molecule has 23 heavy (non-hydrogen) atoms. The average Bonchev–Trinajstić information content (AvgIpc) is 3.10. The molecule has 0 aromatic carbocycles. The molecular weight excluding hydrogens is 436 g/mol. The highest BCUT2D eigenvalue weighted by molar-refractivity contribution is 9.13. The van der Waals surface area contributed by atoms with Gasteiger partial charge >= 0.3 is 6.03 Å². The predicted molar refractivity (Wildman–Crippen MR) is 84.9 cm³/mol. The van der Waals surface area contributed by atoms with Crippen LogP contribution in [0.5, 0.6) is 0 Å². The molecule has 0 radical (unpaired) electrons. The summed E-state index contributed by atoms with van der Waals surface area (Å²) in [6, 6.07) is 4.06. The van der Waals surface area contributed by atoms with Gasteiger partial charge in [-0.2, -0.15) is 0 Å². The summed E-state index contributed by atoms with van der Waals surface area (Å²) in [6.07, 6.45) is 2.70. The van der Waals surface area contributed by atoms with Gasteiger partial charge in [0.05, 0.1) is 17.3 Å². The fourth-order valence-corrected chi connectivity index (χ4v) is 2.58. The zero-order valence-electron chi connectivity index (χ0n) is 11.3. The van der Waals surface area contributed by atoms with Crippen LogP contribution in [-0.2, 0) is 16.1 Å². The van der Waals surface area contributed by atoms with E-state index in [0.29, 0.717) is 14.9 Å². The third-order valence-corrected chi connectivity index (χ3v) is 4.74. The number of carbonyl (C=O) groups is 3. The van der Waals surface area contributed by atoms with Gasteiger partial charge in [-0.3, -0.25) is 19.8 Å². The van der Waals surface area contributed by atoms with Crippen molar-refractivity contribution in [3.63, 3.8) is 0 Å². The number of imide groups is 2. The van der Waals surface area contributed by atoms with E-state index in [1.54, 1.807) is 18.2 Å². The SMILES string of the molecule is O=C1NC(=O)N(Cc2ccco2)C(=O)/C1=C/c1cc(Br)c(Br)o1. The maximum Gasteiger partial charge on any atom is 0.331 e. The van der Waals surface area contributed by atoms with Crippen molar-refractivity contribution in [2.75, 3.05) is 0 Å². The van der Waals surface area contributed by atoms with E-state index >= 15 is 0 Å². The monoisotopic (exact) mass is 442 g/mol. The number of carbonyl (C=O) groups excluding carboxylic acids is 3. The van der Waals surface area contributed by atoms with Gasteiger partial charge in [0, 0.05) is 0 Å². The van der Waals surface area contributed by atoms with Crippen LogP contribution in [-0.4, -0.2) is 22.7 Å². The maximum absolute atomic E-state index is 12.4. The summed E-state index contributed by atoms with van der Waals surface area (Å²) in [6.45, 7) is -0.0756. The van der Waals surface area contributed by atoms with Crippen LogP contribution in [0.25, 0.3) is 6.08 Å². The molecule has 0 saturated carbocycles. The molecule has 2 aromatic rings. The van der Waals surface area contributed by atoms with Crippen molar-refractivity contribution < 1.29 is 23.2 Å². The maximum atomic E-state index is 12.4. The number of barbiturate groups is 1. The first kappa shape index (κ1) is 15.8. The van der Waals surface area contributed by atoms with Crippen LogP contribution in [0.2, 0.25) is 0 Å². The number of nitrogens with one attached hydrogen (secondary N) is 1. The number of hydrogen-bond acceptors (Lipinski definition) is 5. The Kier molecular flexibility index (Phi) is 4.22. The molecule has 0 bridgehead atoms. The standard InChI is InChI=1S/C14H8Br2N2O5/c15-10-5-8(23-11(10)16)4-9-12(19)17-14(21)18(13(9)20)6-7-2-1-3-22-7/h1-5H,6H2,(H,17,19,21)/b9-4+. The Bertz CT molecular complexity index is 803. The van der Waals surface area contributed by atoms with E-state index < -0.39 is 17.8 Å². The zero-order valence-corrected chi connectivity index (χ0v) is 14.5. The molecule has 1 aliphatic rings. The first-order chi connectivity index (χ1) is 11.0. The molecule has 1 N–H and O–H groups in total. The lowest BCUT2D eigenvalue weighted by Crippen LogP contribution is -2.53. The van der Waals surface area contributed by atoms with Crippen LogP contribution in [0.3, 0.4) is 0 Å². The highest BCUT2D eigenvalue weighted by atomic mass is 79.9. The van der Waals surface area contributed by atoms with Gasteiger partial charge in [-0.25, -0.2) is 4.79 Å². The fraction of sp³-hybridized carbons (Fsp3) is 0.0714. The molecule has 0 spiro atoms. The fourth-order valence-electron chi connectivity index (χ4n) is 1.97. The Morgan fingerprint density at radius 2 is 2.04 bits per heavy atom. The lowest BCUT2D eigenvalue weighted by Gasteiger charge is -2.25.